The summed E-state index contributed by atoms with van der Waals surface area (Å²) in [5.74, 6) is 1.61. The highest BCUT2D eigenvalue weighted by atomic mass is 16.5. The van der Waals surface area contributed by atoms with Crippen molar-refractivity contribution in [1.82, 2.24) is 10.6 Å². The van der Waals surface area contributed by atoms with E-state index < -0.39 is 0 Å². The monoisotopic (exact) mass is 214 g/mol. The average Bonchev–Trinajstić information content (AvgIpc) is 2.29. The molecule has 1 saturated heterocycles. The van der Waals surface area contributed by atoms with Crippen molar-refractivity contribution in [2.75, 3.05) is 39.9 Å². The Morgan fingerprint density at radius 2 is 2.00 bits per heavy atom. The molecule has 0 saturated carbocycles. The van der Waals surface area contributed by atoms with Gasteiger partial charge >= 0.3 is 0 Å². The van der Waals surface area contributed by atoms with Crippen LogP contribution in [0, 0.1) is 11.8 Å². The van der Waals surface area contributed by atoms with Crippen molar-refractivity contribution in [2.24, 2.45) is 11.8 Å². The number of nitrogens with one attached hydrogen (secondary N) is 2. The number of rotatable bonds is 7. The van der Waals surface area contributed by atoms with Gasteiger partial charge in [-0.2, -0.15) is 0 Å². The van der Waals surface area contributed by atoms with Crippen molar-refractivity contribution in [3.63, 3.8) is 0 Å². The molecule has 0 aromatic rings. The third-order valence-electron chi connectivity index (χ3n) is 3.28. The Hall–Kier alpha value is -0.120. The minimum Gasteiger partial charge on any atom is -0.381 e. The second kappa shape index (κ2) is 8.08. The minimum atomic E-state index is 0.773. The van der Waals surface area contributed by atoms with Crippen LogP contribution >= 0.6 is 0 Å². The fourth-order valence-electron chi connectivity index (χ4n) is 2.09. The van der Waals surface area contributed by atoms with Crippen molar-refractivity contribution in [3.05, 3.63) is 0 Å². The van der Waals surface area contributed by atoms with Crippen molar-refractivity contribution in [1.29, 1.82) is 0 Å². The van der Waals surface area contributed by atoms with Gasteiger partial charge in [-0.1, -0.05) is 13.3 Å². The highest BCUT2D eigenvalue weighted by Crippen LogP contribution is 2.13. The summed E-state index contributed by atoms with van der Waals surface area (Å²) in [7, 11) is 2.03. The van der Waals surface area contributed by atoms with Crippen LogP contribution in [-0.2, 0) is 4.74 Å². The van der Waals surface area contributed by atoms with Gasteiger partial charge in [0.1, 0.15) is 0 Å². The smallest absolute Gasteiger partial charge is 0.0469 e. The lowest BCUT2D eigenvalue weighted by molar-refractivity contribution is 0.0660. The topological polar surface area (TPSA) is 33.3 Å². The first-order chi connectivity index (χ1) is 7.36. The number of ether oxygens (including phenoxy) is 1. The van der Waals surface area contributed by atoms with Crippen LogP contribution in [0.5, 0.6) is 0 Å². The van der Waals surface area contributed by atoms with Crippen LogP contribution in [0.25, 0.3) is 0 Å². The summed E-state index contributed by atoms with van der Waals surface area (Å²) in [6.07, 6.45) is 3.72. The fraction of sp³-hybridized carbons (Fsp3) is 1.00. The highest BCUT2D eigenvalue weighted by molar-refractivity contribution is 4.68. The SMILES string of the molecule is CCC(CNC)CNCC1CCOCC1. The lowest BCUT2D eigenvalue weighted by Gasteiger charge is -2.23. The lowest BCUT2D eigenvalue weighted by atomic mass is 10.00. The van der Waals surface area contributed by atoms with Crippen molar-refractivity contribution in [2.45, 2.75) is 26.2 Å². The Bertz CT molecular complexity index is 142. The summed E-state index contributed by atoms with van der Waals surface area (Å²) in [5.41, 5.74) is 0. The number of hydrogen-bond donors (Lipinski definition) is 2. The Morgan fingerprint density at radius 1 is 1.27 bits per heavy atom. The maximum absolute atomic E-state index is 5.35. The average molecular weight is 214 g/mol. The zero-order valence-electron chi connectivity index (χ0n) is 10.2. The van der Waals surface area contributed by atoms with Crippen LogP contribution in [0.15, 0.2) is 0 Å². The molecule has 3 heteroatoms. The molecule has 1 aliphatic rings. The molecule has 15 heavy (non-hydrogen) atoms. The molecular formula is C12H26N2O. The molecule has 3 nitrogen and oxygen atoms in total. The van der Waals surface area contributed by atoms with Crippen LogP contribution in [0.3, 0.4) is 0 Å². The zero-order chi connectivity index (χ0) is 10.9. The predicted octanol–water partition coefficient (Wildman–Crippen LogP) is 1.25. The van der Waals surface area contributed by atoms with E-state index in [9.17, 15) is 0 Å². The number of hydrogen-bond acceptors (Lipinski definition) is 3. The minimum absolute atomic E-state index is 0.773. The largest absolute Gasteiger partial charge is 0.381 e. The molecule has 0 aromatic heterocycles. The Morgan fingerprint density at radius 3 is 2.60 bits per heavy atom. The van der Waals surface area contributed by atoms with Crippen LogP contribution in [0.2, 0.25) is 0 Å². The van der Waals surface area contributed by atoms with Gasteiger partial charge in [-0.3, -0.25) is 0 Å². The van der Waals surface area contributed by atoms with Gasteiger partial charge in [-0.25, -0.2) is 0 Å². The highest BCUT2D eigenvalue weighted by Gasteiger charge is 2.13. The molecule has 0 spiro atoms. The van der Waals surface area contributed by atoms with E-state index in [1.807, 2.05) is 7.05 Å². The zero-order valence-corrected chi connectivity index (χ0v) is 10.2. The van der Waals surface area contributed by atoms with Crippen molar-refractivity contribution >= 4 is 0 Å². The van der Waals surface area contributed by atoms with Gasteiger partial charge in [0.2, 0.25) is 0 Å². The van der Waals surface area contributed by atoms with Gasteiger partial charge < -0.3 is 15.4 Å². The van der Waals surface area contributed by atoms with E-state index >= 15 is 0 Å². The van der Waals surface area contributed by atoms with Gasteiger partial charge in [0, 0.05) is 13.2 Å². The molecule has 1 unspecified atom stereocenters. The predicted molar refractivity (Wildman–Crippen MR) is 64.1 cm³/mol. The second-order valence-corrected chi connectivity index (χ2v) is 4.55. The van der Waals surface area contributed by atoms with E-state index in [2.05, 4.69) is 17.6 Å². The normalized spacial score (nSPS) is 20.4. The maximum atomic E-state index is 5.35. The molecule has 1 fully saturated rings. The summed E-state index contributed by atoms with van der Waals surface area (Å²) in [6.45, 7) is 7.62. The molecule has 1 heterocycles. The third-order valence-corrected chi connectivity index (χ3v) is 3.28. The second-order valence-electron chi connectivity index (χ2n) is 4.55. The standard InChI is InChI=1S/C12H26N2O/c1-3-11(8-13-2)9-14-10-12-4-6-15-7-5-12/h11-14H,3-10H2,1-2H3. The molecule has 0 aromatic carbocycles. The fourth-order valence-corrected chi connectivity index (χ4v) is 2.09. The molecule has 0 radical (unpaired) electrons. The van der Waals surface area contributed by atoms with Gasteiger partial charge in [0.05, 0.1) is 0 Å². The van der Waals surface area contributed by atoms with Gasteiger partial charge in [-0.15, -0.1) is 0 Å². The summed E-state index contributed by atoms with van der Waals surface area (Å²) in [5, 5.41) is 6.84. The van der Waals surface area contributed by atoms with E-state index in [0.717, 1.165) is 38.1 Å². The van der Waals surface area contributed by atoms with E-state index in [1.54, 1.807) is 0 Å². The Balaban J connectivity index is 2.03. The molecule has 0 amide bonds. The van der Waals surface area contributed by atoms with Gasteiger partial charge in [0.25, 0.3) is 0 Å². The third kappa shape index (κ3) is 5.50. The van der Waals surface area contributed by atoms with Crippen molar-refractivity contribution in [3.8, 4) is 0 Å². The van der Waals surface area contributed by atoms with E-state index in [4.69, 9.17) is 4.74 Å². The summed E-state index contributed by atoms with van der Waals surface area (Å²) >= 11 is 0. The molecule has 2 N–H and O–H groups in total. The first kappa shape index (κ1) is 12.9. The molecule has 1 rings (SSSR count). The first-order valence-corrected chi connectivity index (χ1v) is 6.29. The van der Waals surface area contributed by atoms with Crippen LogP contribution in [-0.4, -0.2) is 39.9 Å². The quantitative estimate of drug-likeness (QED) is 0.669. The molecule has 1 aliphatic heterocycles. The Kier molecular flexibility index (Phi) is 6.98. The molecule has 0 aliphatic carbocycles. The van der Waals surface area contributed by atoms with Gasteiger partial charge in [0.15, 0.2) is 0 Å². The summed E-state index contributed by atoms with van der Waals surface area (Å²) in [4.78, 5) is 0. The lowest BCUT2D eigenvalue weighted by Crippen LogP contribution is -2.34. The summed E-state index contributed by atoms with van der Waals surface area (Å²) < 4.78 is 5.35. The summed E-state index contributed by atoms with van der Waals surface area (Å²) in [6, 6.07) is 0. The maximum Gasteiger partial charge on any atom is 0.0469 e. The molecule has 90 valence electrons. The molecule has 1 atom stereocenters. The van der Waals surface area contributed by atoms with Crippen LogP contribution in [0.1, 0.15) is 26.2 Å². The van der Waals surface area contributed by atoms with E-state index in [0.29, 0.717) is 0 Å². The molecule has 0 bridgehead atoms. The van der Waals surface area contributed by atoms with Crippen molar-refractivity contribution < 1.29 is 4.74 Å². The first-order valence-electron chi connectivity index (χ1n) is 6.29. The Labute approximate surface area is 94.0 Å². The van der Waals surface area contributed by atoms with E-state index in [1.165, 1.54) is 25.8 Å². The molecular weight excluding hydrogens is 188 g/mol. The van der Waals surface area contributed by atoms with Crippen LogP contribution < -0.4 is 10.6 Å². The van der Waals surface area contributed by atoms with E-state index in [-0.39, 0.29) is 0 Å². The van der Waals surface area contributed by atoms with Crippen LogP contribution in [0.4, 0.5) is 0 Å². The van der Waals surface area contributed by atoms with Gasteiger partial charge in [-0.05, 0) is 51.4 Å².